The third kappa shape index (κ3) is 4.12. The highest BCUT2D eigenvalue weighted by atomic mass is 79.9. The molecule has 0 aliphatic carbocycles. The van der Waals surface area contributed by atoms with Crippen molar-refractivity contribution in [3.8, 4) is 0 Å². The van der Waals surface area contributed by atoms with Gasteiger partial charge in [-0.2, -0.15) is 0 Å². The van der Waals surface area contributed by atoms with Gasteiger partial charge in [0.15, 0.2) is 0 Å². The summed E-state index contributed by atoms with van der Waals surface area (Å²) in [6.45, 7) is 0. The normalized spacial score (nSPS) is 11.7. The molecule has 1 atom stereocenters. The third-order valence-corrected chi connectivity index (χ3v) is 4.60. The van der Waals surface area contributed by atoms with Crippen LogP contribution in [0, 0.1) is 0 Å². The average molecular weight is 380 g/mol. The summed E-state index contributed by atoms with van der Waals surface area (Å²) in [6, 6.07) is 27.7. The highest BCUT2D eigenvalue weighted by molar-refractivity contribution is 9.10. The Balaban J connectivity index is 1.85. The summed E-state index contributed by atoms with van der Waals surface area (Å²) in [5.41, 5.74) is 2.94. The highest BCUT2D eigenvalue weighted by Crippen LogP contribution is 2.21. The molecule has 120 valence electrons. The summed E-state index contributed by atoms with van der Waals surface area (Å²) in [5.74, 6) is -0.0766. The van der Waals surface area contributed by atoms with Crippen LogP contribution in [0.25, 0.3) is 0 Å². The molecule has 1 N–H and O–H groups in total. The van der Waals surface area contributed by atoms with E-state index in [1.165, 1.54) is 5.56 Å². The van der Waals surface area contributed by atoms with Crippen LogP contribution in [0.1, 0.15) is 27.5 Å². The van der Waals surface area contributed by atoms with Crippen molar-refractivity contribution in [3.63, 3.8) is 0 Å². The van der Waals surface area contributed by atoms with Gasteiger partial charge in [0, 0.05) is 4.47 Å². The molecule has 3 aromatic carbocycles. The van der Waals surface area contributed by atoms with Gasteiger partial charge in [-0.1, -0.05) is 72.8 Å². The minimum absolute atomic E-state index is 0.0757. The van der Waals surface area contributed by atoms with E-state index in [0.29, 0.717) is 5.56 Å². The van der Waals surface area contributed by atoms with Crippen LogP contribution in [0.5, 0.6) is 0 Å². The molecule has 0 heterocycles. The van der Waals surface area contributed by atoms with Gasteiger partial charge in [0.2, 0.25) is 0 Å². The Bertz CT molecular complexity index is 802. The van der Waals surface area contributed by atoms with E-state index in [2.05, 4.69) is 33.4 Å². The van der Waals surface area contributed by atoms with E-state index >= 15 is 0 Å². The Hall–Kier alpha value is -2.39. The van der Waals surface area contributed by atoms with Crippen LogP contribution >= 0.6 is 15.9 Å². The molecule has 3 rings (SSSR count). The lowest BCUT2D eigenvalue weighted by Gasteiger charge is -2.20. The summed E-state index contributed by atoms with van der Waals surface area (Å²) < 4.78 is 0.800. The standard InChI is InChI=1S/C21H18BrNO/c22-19-14-8-7-13-18(19)21(24)23-20(17-11-5-2-6-12-17)15-16-9-3-1-4-10-16/h1-14,20H,15H2,(H,23,24)/t20-/m1/s1. The second-order valence-electron chi connectivity index (χ2n) is 5.61. The zero-order chi connectivity index (χ0) is 16.8. The van der Waals surface area contributed by atoms with Crippen molar-refractivity contribution < 1.29 is 4.79 Å². The highest BCUT2D eigenvalue weighted by Gasteiger charge is 2.17. The fourth-order valence-corrected chi connectivity index (χ4v) is 3.13. The van der Waals surface area contributed by atoms with Gasteiger partial charge in [-0.15, -0.1) is 0 Å². The predicted molar refractivity (Wildman–Crippen MR) is 101 cm³/mol. The summed E-state index contributed by atoms with van der Waals surface area (Å²) >= 11 is 3.45. The Kier molecular flexibility index (Phi) is 5.44. The van der Waals surface area contributed by atoms with E-state index in [1.807, 2.05) is 72.8 Å². The van der Waals surface area contributed by atoms with Crippen LogP contribution in [-0.4, -0.2) is 5.91 Å². The minimum Gasteiger partial charge on any atom is -0.345 e. The molecule has 0 fully saturated rings. The van der Waals surface area contributed by atoms with Gasteiger partial charge in [-0.05, 0) is 45.6 Å². The number of nitrogens with one attached hydrogen (secondary N) is 1. The van der Waals surface area contributed by atoms with Crippen LogP contribution in [0.3, 0.4) is 0 Å². The van der Waals surface area contributed by atoms with Crippen molar-refractivity contribution in [2.24, 2.45) is 0 Å². The fraction of sp³-hybridized carbons (Fsp3) is 0.0952. The Morgan fingerprint density at radius 1 is 0.833 bits per heavy atom. The molecule has 0 aliphatic rings. The summed E-state index contributed by atoms with van der Waals surface area (Å²) in [6.07, 6.45) is 0.751. The van der Waals surface area contributed by atoms with E-state index in [4.69, 9.17) is 0 Å². The van der Waals surface area contributed by atoms with Gasteiger partial charge in [0.05, 0.1) is 11.6 Å². The minimum atomic E-state index is -0.0766. The van der Waals surface area contributed by atoms with Crippen LogP contribution < -0.4 is 5.32 Å². The summed E-state index contributed by atoms with van der Waals surface area (Å²) in [4.78, 5) is 12.7. The smallest absolute Gasteiger partial charge is 0.252 e. The molecule has 3 aromatic rings. The van der Waals surface area contributed by atoms with Gasteiger partial charge in [0.1, 0.15) is 0 Å². The number of halogens is 1. The lowest BCUT2D eigenvalue weighted by atomic mass is 9.98. The second kappa shape index (κ2) is 7.93. The molecular weight excluding hydrogens is 362 g/mol. The van der Waals surface area contributed by atoms with Gasteiger partial charge < -0.3 is 5.32 Å². The molecule has 0 spiro atoms. The van der Waals surface area contributed by atoms with Crippen molar-refractivity contribution in [1.82, 2.24) is 5.32 Å². The molecule has 0 saturated heterocycles. The third-order valence-electron chi connectivity index (χ3n) is 3.91. The van der Waals surface area contributed by atoms with Crippen molar-refractivity contribution in [2.45, 2.75) is 12.5 Å². The van der Waals surface area contributed by atoms with Crippen molar-refractivity contribution in [3.05, 3.63) is 106 Å². The van der Waals surface area contributed by atoms with E-state index in [9.17, 15) is 4.79 Å². The Labute approximate surface area is 150 Å². The molecule has 0 unspecified atom stereocenters. The molecule has 0 aromatic heterocycles. The summed E-state index contributed by atoms with van der Waals surface area (Å²) in [5, 5.41) is 3.17. The van der Waals surface area contributed by atoms with E-state index < -0.39 is 0 Å². The molecule has 24 heavy (non-hydrogen) atoms. The predicted octanol–water partition coefficient (Wildman–Crippen LogP) is 5.16. The molecule has 3 heteroatoms. The van der Waals surface area contributed by atoms with Gasteiger partial charge >= 0.3 is 0 Å². The quantitative estimate of drug-likeness (QED) is 0.651. The second-order valence-corrected chi connectivity index (χ2v) is 6.46. The molecule has 0 aliphatic heterocycles. The maximum Gasteiger partial charge on any atom is 0.252 e. The van der Waals surface area contributed by atoms with Gasteiger partial charge in [-0.3, -0.25) is 4.79 Å². The molecule has 0 bridgehead atoms. The van der Waals surface area contributed by atoms with Crippen molar-refractivity contribution in [1.29, 1.82) is 0 Å². The van der Waals surface area contributed by atoms with Crippen molar-refractivity contribution >= 4 is 21.8 Å². The molecule has 1 amide bonds. The van der Waals surface area contributed by atoms with Gasteiger partial charge in [0.25, 0.3) is 5.91 Å². The van der Waals surface area contributed by atoms with E-state index in [1.54, 1.807) is 0 Å². The largest absolute Gasteiger partial charge is 0.345 e. The van der Waals surface area contributed by atoms with Crippen molar-refractivity contribution in [2.75, 3.05) is 0 Å². The number of carbonyl (C=O) groups is 1. The maximum absolute atomic E-state index is 12.7. The molecule has 2 nitrogen and oxygen atoms in total. The van der Waals surface area contributed by atoms with Crippen LogP contribution in [0.2, 0.25) is 0 Å². The number of benzene rings is 3. The van der Waals surface area contributed by atoms with Crippen LogP contribution in [-0.2, 0) is 6.42 Å². The Morgan fingerprint density at radius 2 is 1.42 bits per heavy atom. The lowest BCUT2D eigenvalue weighted by Crippen LogP contribution is -2.30. The topological polar surface area (TPSA) is 29.1 Å². The first-order valence-electron chi connectivity index (χ1n) is 7.88. The zero-order valence-electron chi connectivity index (χ0n) is 13.2. The summed E-state index contributed by atoms with van der Waals surface area (Å²) in [7, 11) is 0. The molecule has 0 radical (unpaired) electrons. The molecule has 0 saturated carbocycles. The number of amides is 1. The first kappa shape index (κ1) is 16.5. The van der Waals surface area contributed by atoms with Gasteiger partial charge in [-0.25, -0.2) is 0 Å². The number of hydrogen-bond acceptors (Lipinski definition) is 1. The van der Waals surface area contributed by atoms with Crippen LogP contribution in [0.15, 0.2) is 89.4 Å². The number of hydrogen-bond donors (Lipinski definition) is 1. The van der Waals surface area contributed by atoms with E-state index in [-0.39, 0.29) is 11.9 Å². The first-order chi connectivity index (χ1) is 11.7. The van der Waals surface area contributed by atoms with E-state index in [0.717, 1.165) is 16.5 Å². The monoisotopic (exact) mass is 379 g/mol. The fourth-order valence-electron chi connectivity index (χ4n) is 2.67. The molecular formula is C21H18BrNO. The number of rotatable bonds is 5. The average Bonchev–Trinajstić information content (AvgIpc) is 2.63. The maximum atomic E-state index is 12.7. The van der Waals surface area contributed by atoms with Crippen LogP contribution in [0.4, 0.5) is 0 Å². The number of carbonyl (C=O) groups excluding carboxylic acids is 1. The Morgan fingerprint density at radius 3 is 2.08 bits per heavy atom. The zero-order valence-corrected chi connectivity index (χ0v) is 14.7. The first-order valence-corrected chi connectivity index (χ1v) is 8.67. The SMILES string of the molecule is O=C(N[C@H](Cc1ccccc1)c1ccccc1)c1ccccc1Br. The lowest BCUT2D eigenvalue weighted by molar-refractivity contribution is 0.0935.